The Labute approximate surface area is 92.3 Å². The van der Waals surface area contributed by atoms with Gasteiger partial charge in [-0.3, -0.25) is 0 Å². The first-order valence-corrected chi connectivity index (χ1v) is 5.67. The highest BCUT2D eigenvalue weighted by atomic mass is 14.1. The van der Waals surface area contributed by atoms with Crippen LogP contribution in [0.5, 0.6) is 0 Å². The Morgan fingerprint density at radius 3 is 2.93 bits per heavy atom. The van der Waals surface area contributed by atoms with E-state index in [1.807, 2.05) is 0 Å². The molecule has 0 fully saturated rings. The van der Waals surface area contributed by atoms with Crippen molar-refractivity contribution in [1.29, 1.82) is 0 Å². The van der Waals surface area contributed by atoms with Crippen molar-refractivity contribution in [1.82, 2.24) is 0 Å². The molecule has 1 atom stereocenters. The van der Waals surface area contributed by atoms with Crippen LogP contribution in [0.2, 0.25) is 0 Å². The fourth-order valence-electron chi connectivity index (χ4n) is 2.10. The van der Waals surface area contributed by atoms with Crippen LogP contribution in [0.1, 0.15) is 24.5 Å². The Morgan fingerprint density at radius 1 is 1.33 bits per heavy atom. The normalized spacial score (nSPS) is 20.1. The van der Waals surface area contributed by atoms with E-state index in [1.54, 1.807) is 0 Å². The second-order valence-corrected chi connectivity index (χ2v) is 4.52. The van der Waals surface area contributed by atoms with Gasteiger partial charge in [-0.15, -0.1) is 0 Å². The smallest absolute Gasteiger partial charge is 0.00288 e. The highest BCUT2D eigenvalue weighted by molar-refractivity contribution is 5.32. The van der Waals surface area contributed by atoms with Crippen molar-refractivity contribution < 1.29 is 0 Å². The highest BCUT2D eigenvalue weighted by Crippen LogP contribution is 2.19. The molecule has 1 aromatic carbocycles. The summed E-state index contributed by atoms with van der Waals surface area (Å²) in [5, 5.41) is 0. The van der Waals surface area contributed by atoms with E-state index < -0.39 is 0 Å². The molecule has 15 heavy (non-hydrogen) atoms. The largest absolute Gasteiger partial charge is 0.0837 e. The van der Waals surface area contributed by atoms with Gasteiger partial charge in [0.25, 0.3) is 0 Å². The van der Waals surface area contributed by atoms with Gasteiger partial charge in [0.1, 0.15) is 0 Å². The maximum atomic E-state index is 2.39. The minimum Gasteiger partial charge on any atom is -0.0837 e. The third kappa shape index (κ3) is 2.82. The maximum absolute atomic E-state index is 2.39. The van der Waals surface area contributed by atoms with Crippen molar-refractivity contribution in [2.24, 2.45) is 5.92 Å². The molecule has 1 unspecified atom stereocenters. The van der Waals surface area contributed by atoms with E-state index in [4.69, 9.17) is 0 Å². The second-order valence-electron chi connectivity index (χ2n) is 4.52. The molecule has 0 heteroatoms. The molecule has 78 valence electrons. The Hall–Kier alpha value is -1.30. The number of hydrogen-bond donors (Lipinski definition) is 0. The molecule has 0 aliphatic heterocycles. The summed E-state index contributed by atoms with van der Waals surface area (Å²) in [6, 6.07) is 8.77. The van der Waals surface area contributed by atoms with E-state index in [-0.39, 0.29) is 0 Å². The van der Waals surface area contributed by atoms with Crippen LogP contribution in [0.15, 0.2) is 48.1 Å². The van der Waals surface area contributed by atoms with E-state index in [0.29, 0.717) is 5.92 Å². The molecule has 1 aliphatic carbocycles. The van der Waals surface area contributed by atoms with Gasteiger partial charge in [-0.05, 0) is 36.8 Å². The molecule has 0 saturated heterocycles. The van der Waals surface area contributed by atoms with Gasteiger partial charge < -0.3 is 0 Å². The van der Waals surface area contributed by atoms with Crippen molar-refractivity contribution >= 4 is 0 Å². The predicted molar refractivity (Wildman–Crippen MR) is 65.9 cm³/mol. The lowest BCUT2D eigenvalue weighted by atomic mass is 9.94. The lowest BCUT2D eigenvalue weighted by molar-refractivity contribution is 0.725. The van der Waals surface area contributed by atoms with Crippen molar-refractivity contribution in [2.45, 2.75) is 26.7 Å². The van der Waals surface area contributed by atoms with Crippen molar-refractivity contribution in [3.8, 4) is 0 Å². The summed E-state index contributed by atoms with van der Waals surface area (Å²) in [6.45, 7) is 4.43. The van der Waals surface area contributed by atoms with Crippen LogP contribution in [-0.4, -0.2) is 0 Å². The summed E-state index contributed by atoms with van der Waals surface area (Å²) in [5.41, 5.74) is 4.22. The molecule has 0 nitrogen and oxygen atoms in total. The first-order chi connectivity index (χ1) is 7.24. The number of rotatable bonds is 2. The summed E-state index contributed by atoms with van der Waals surface area (Å²) in [5.74, 6) is 0.704. The van der Waals surface area contributed by atoms with Crippen LogP contribution in [0.25, 0.3) is 0 Å². The van der Waals surface area contributed by atoms with E-state index in [1.165, 1.54) is 23.1 Å². The fourth-order valence-corrected chi connectivity index (χ4v) is 2.10. The van der Waals surface area contributed by atoms with Crippen molar-refractivity contribution in [3.63, 3.8) is 0 Å². The SMILES string of the molecule is Cc1cccc(CC2=CC(C)CC=C2)c1. The third-order valence-corrected chi connectivity index (χ3v) is 2.83. The minimum atomic E-state index is 0.704. The topological polar surface area (TPSA) is 0 Å². The van der Waals surface area contributed by atoms with Crippen LogP contribution >= 0.6 is 0 Å². The monoisotopic (exact) mass is 198 g/mol. The Morgan fingerprint density at radius 2 is 2.20 bits per heavy atom. The maximum Gasteiger partial charge on any atom is -0.00288 e. The highest BCUT2D eigenvalue weighted by Gasteiger charge is 2.04. The Kier molecular flexibility index (Phi) is 3.05. The predicted octanol–water partition coefficient (Wildman–Crippen LogP) is 4.06. The molecule has 0 amide bonds. The van der Waals surface area contributed by atoms with Crippen LogP contribution in [0, 0.1) is 12.8 Å². The van der Waals surface area contributed by atoms with E-state index in [2.05, 4.69) is 56.3 Å². The summed E-state index contributed by atoms with van der Waals surface area (Å²) < 4.78 is 0. The first kappa shape index (κ1) is 10.2. The van der Waals surface area contributed by atoms with Crippen LogP contribution in [0.4, 0.5) is 0 Å². The van der Waals surface area contributed by atoms with Gasteiger partial charge in [0.05, 0.1) is 0 Å². The molecule has 2 rings (SSSR count). The zero-order valence-electron chi connectivity index (χ0n) is 9.53. The zero-order chi connectivity index (χ0) is 10.7. The van der Waals surface area contributed by atoms with Gasteiger partial charge in [-0.25, -0.2) is 0 Å². The first-order valence-electron chi connectivity index (χ1n) is 5.67. The number of allylic oxidation sites excluding steroid dienone is 4. The lowest BCUT2D eigenvalue weighted by Crippen LogP contribution is -1.98. The van der Waals surface area contributed by atoms with E-state index >= 15 is 0 Å². The molecule has 0 saturated carbocycles. The molecule has 0 spiro atoms. The van der Waals surface area contributed by atoms with Gasteiger partial charge in [0, 0.05) is 0 Å². The molecule has 0 heterocycles. The standard InChI is InChI=1S/C15H18/c1-12-5-3-7-14(9-12)11-15-8-4-6-13(2)10-15/h3-5,7-10,13H,6,11H2,1-2H3. The zero-order valence-corrected chi connectivity index (χ0v) is 9.53. The van der Waals surface area contributed by atoms with Crippen LogP contribution in [-0.2, 0) is 6.42 Å². The van der Waals surface area contributed by atoms with Crippen molar-refractivity contribution in [3.05, 3.63) is 59.2 Å². The average Bonchev–Trinajstić information content (AvgIpc) is 2.17. The van der Waals surface area contributed by atoms with Crippen molar-refractivity contribution in [2.75, 3.05) is 0 Å². The van der Waals surface area contributed by atoms with Crippen LogP contribution in [0.3, 0.4) is 0 Å². The summed E-state index contributed by atoms with van der Waals surface area (Å²) in [7, 11) is 0. The number of hydrogen-bond acceptors (Lipinski definition) is 0. The summed E-state index contributed by atoms with van der Waals surface area (Å²) in [4.78, 5) is 0. The van der Waals surface area contributed by atoms with Gasteiger partial charge in [0.2, 0.25) is 0 Å². The van der Waals surface area contributed by atoms with Crippen LogP contribution < -0.4 is 0 Å². The van der Waals surface area contributed by atoms with Gasteiger partial charge in [0.15, 0.2) is 0 Å². The summed E-state index contributed by atoms with van der Waals surface area (Å²) >= 11 is 0. The quantitative estimate of drug-likeness (QED) is 0.672. The molecule has 0 bridgehead atoms. The molecule has 0 radical (unpaired) electrons. The molecule has 1 aromatic rings. The molecule has 0 aromatic heterocycles. The fraction of sp³-hybridized carbons (Fsp3) is 0.333. The number of benzene rings is 1. The average molecular weight is 198 g/mol. The van der Waals surface area contributed by atoms with Gasteiger partial charge in [-0.1, -0.05) is 55.0 Å². The number of aryl methyl sites for hydroxylation is 1. The molecular weight excluding hydrogens is 180 g/mol. The molecular formula is C15H18. The minimum absolute atomic E-state index is 0.704. The van der Waals surface area contributed by atoms with E-state index in [9.17, 15) is 0 Å². The Balaban J connectivity index is 2.12. The molecule has 1 aliphatic rings. The lowest BCUT2D eigenvalue weighted by Gasteiger charge is -2.12. The second kappa shape index (κ2) is 4.48. The summed E-state index contributed by atoms with van der Waals surface area (Å²) in [6.07, 6.45) is 9.21. The van der Waals surface area contributed by atoms with Gasteiger partial charge >= 0.3 is 0 Å². The van der Waals surface area contributed by atoms with Gasteiger partial charge in [-0.2, -0.15) is 0 Å². The Bertz CT molecular complexity index is 396. The third-order valence-electron chi connectivity index (χ3n) is 2.83. The molecule has 0 N–H and O–H groups in total. The van der Waals surface area contributed by atoms with E-state index in [0.717, 1.165) is 6.42 Å².